The zero-order valence-corrected chi connectivity index (χ0v) is 15.5. The van der Waals surface area contributed by atoms with Crippen LogP contribution in [-0.4, -0.2) is 45.1 Å². The fraction of sp³-hybridized carbons (Fsp3) is 0.400. The van der Waals surface area contributed by atoms with E-state index in [-0.39, 0.29) is 11.8 Å². The number of amides is 1. The zero-order valence-electron chi connectivity index (χ0n) is 15.5. The van der Waals surface area contributed by atoms with Crippen LogP contribution in [0.15, 0.2) is 42.7 Å². The Hall–Kier alpha value is -2.96. The molecular formula is C20H24N6O. The molecule has 1 aliphatic heterocycles. The topological polar surface area (TPSA) is 75.4 Å². The van der Waals surface area contributed by atoms with Gasteiger partial charge in [0.15, 0.2) is 0 Å². The second-order valence-corrected chi connectivity index (χ2v) is 7.04. The summed E-state index contributed by atoms with van der Waals surface area (Å²) in [6.07, 6.45) is 4.27. The molecule has 2 aromatic heterocycles. The number of nitrogens with one attached hydrogen (secondary N) is 1. The lowest BCUT2D eigenvalue weighted by Gasteiger charge is -2.33. The number of fused-ring (bicyclic) bond motifs is 1. The van der Waals surface area contributed by atoms with Crippen molar-refractivity contribution in [1.29, 1.82) is 0 Å². The minimum absolute atomic E-state index is 0.0124. The van der Waals surface area contributed by atoms with Gasteiger partial charge in [0.2, 0.25) is 5.91 Å². The molecule has 140 valence electrons. The van der Waals surface area contributed by atoms with Crippen molar-refractivity contribution in [2.24, 2.45) is 5.92 Å². The van der Waals surface area contributed by atoms with Crippen molar-refractivity contribution >= 4 is 17.5 Å². The van der Waals surface area contributed by atoms with Crippen molar-refractivity contribution in [1.82, 2.24) is 24.9 Å². The summed E-state index contributed by atoms with van der Waals surface area (Å²) in [5.74, 6) is 1.68. The van der Waals surface area contributed by atoms with Crippen LogP contribution in [0.25, 0.3) is 5.78 Å². The molecule has 1 N–H and O–H groups in total. The van der Waals surface area contributed by atoms with Crippen molar-refractivity contribution < 1.29 is 4.79 Å². The summed E-state index contributed by atoms with van der Waals surface area (Å²) < 4.78 is 1.75. The quantitative estimate of drug-likeness (QED) is 0.749. The molecule has 0 saturated carbocycles. The second-order valence-electron chi connectivity index (χ2n) is 7.04. The highest BCUT2D eigenvalue weighted by Crippen LogP contribution is 2.24. The van der Waals surface area contributed by atoms with Gasteiger partial charge in [0.05, 0.1) is 5.92 Å². The maximum absolute atomic E-state index is 12.7. The maximum atomic E-state index is 12.7. The zero-order chi connectivity index (χ0) is 18.6. The molecule has 4 rings (SSSR count). The minimum atomic E-state index is -0.0124. The molecule has 27 heavy (non-hydrogen) atoms. The number of rotatable bonds is 5. The number of benzene rings is 1. The predicted octanol–water partition coefficient (Wildman–Crippen LogP) is 2.01. The molecule has 1 aromatic carbocycles. The molecule has 7 nitrogen and oxygen atoms in total. The van der Waals surface area contributed by atoms with Crippen molar-refractivity contribution in [3.8, 4) is 0 Å². The van der Waals surface area contributed by atoms with Crippen molar-refractivity contribution in [3.63, 3.8) is 0 Å². The van der Waals surface area contributed by atoms with Crippen molar-refractivity contribution in [2.45, 2.75) is 26.2 Å². The van der Waals surface area contributed by atoms with Gasteiger partial charge in [-0.3, -0.25) is 4.79 Å². The number of carbonyl (C=O) groups is 1. The number of carbonyl (C=O) groups excluding carboxylic acids is 1. The minimum Gasteiger partial charge on any atom is -0.356 e. The number of hydrogen-bond donors (Lipinski definition) is 1. The van der Waals surface area contributed by atoms with Gasteiger partial charge in [-0.25, -0.2) is 4.98 Å². The van der Waals surface area contributed by atoms with E-state index in [9.17, 15) is 4.79 Å². The molecule has 1 atom stereocenters. The number of anilines is 1. The summed E-state index contributed by atoms with van der Waals surface area (Å²) in [4.78, 5) is 23.5. The monoisotopic (exact) mass is 364 g/mol. The van der Waals surface area contributed by atoms with Gasteiger partial charge >= 0.3 is 0 Å². The Morgan fingerprint density at radius 2 is 2.15 bits per heavy atom. The molecule has 0 aliphatic carbocycles. The number of piperidine rings is 1. The highest BCUT2D eigenvalue weighted by molar-refractivity contribution is 5.79. The van der Waals surface area contributed by atoms with Gasteiger partial charge in [0.1, 0.15) is 12.1 Å². The van der Waals surface area contributed by atoms with E-state index in [4.69, 9.17) is 0 Å². The van der Waals surface area contributed by atoms with Gasteiger partial charge < -0.3 is 10.2 Å². The van der Waals surface area contributed by atoms with Crippen LogP contribution in [0, 0.1) is 12.8 Å². The van der Waals surface area contributed by atoms with Gasteiger partial charge in [-0.15, -0.1) is 0 Å². The predicted molar refractivity (Wildman–Crippen MR) is 104 cm³/mol. The van der Waals surface area contributed by atoms with Gasteiger partial charge in [0, 0.05) is 31.4 Å². The van der Waals surface area contributed by atoms with Crippen LogP contribution in [0.4, 0.5) is 5.82 Å². The lowest BCUT2D eigenvalue weighted by Crippen LogP contribution is -2.44. The van der Waals surface area contributed by atoms with Crippen molar-refractivity contribution in [3.05, 3.63) is 54.0 Å². The summed E-state index contributed by atoms with van der Waals surface area (Å²) in [5.41, 5.74) is 2.14. The highest BCUT2D eigenvalue weighted by atomic mass is 16.1. The average molecular weight is 364 g/mol. The lowest BCUT2D eigenvalue weighted by atomic mass is 9.97. The smallest absolute Gasteiger partial charge is 0.254 e. The molecular weight excluding hydrogens is 340 g/mol. The van der Waals surface area contributed by atoms with E-state index in [2.05, 4.69) is 37.4 Å². The summed E-state index contributed by atoms with van der Waals surface area (Å²) in [6.45, 7) is 4.22. The second kappa shape index (κ2) is 7.73. The van der Waals surface area contributed by atoms with Crippen LogP contribution < -0.4 is 10.2 Å². The van der Waals surface area contributed by atoms with Crippen LogP contribution in [0.2, 0.25) is 0 Å². The standard InChI is InChI=1S/C20H24N6O/c1-15-12-18(26-20(24-15)22-14-23-26)25-11-5-8-17(13-25)19(27)21-10-9-16-6-3-2-4-7-16/h2-4,6-7,12,14,17H,5,8-11,13H2,1H3,(H,21,27)/t17-/m1/s1. The summed E-state index contributed by atoms with van der Waals surface area (Å²) in [6, 6.07) is 12.2. The molecule has 1 fully saturated rings. The van der Waals surface area contributed by atoms with Crippen LogP contribution in [-0.2, 0) is 11.2 Å². The Morgan fingerprint density at radius 1 is 1.30 bits per heavy atom. The Morgan fingerprint density at radius 3 is 3.00 bits per heavy atom. The molecule has 3 aromatic rings. The molecule has 1 saturated heterocycles. The summed E-state index contributed by atoms with van der Waals surface area (Å²) in [7, 11) is 0. The first-order valence-corrected chi connectivity index (χ1v) is 9.44. The number of aromatic nitrogens is 4. The molecule has 0 radical (unpaired) electrons. The van der Waals surface area contributed by atoms with Crippen LogP contribution in [0.1, 0.15) is 24.1 Å². The highest BCUT2D eigenvalue weighted by Gasteiger charge is 2.27. The third kappa shape index (κ3) is 3.92. The summed E-state index contributed by atoms with van der Waals surface area (Å²) >= 11 is 0. The van der Waals surface area contributed by atoms with E-state index in [1.807, 2.05) is 31.2 Å². The largest absolute Gasteiger partial charge is 0.356 e. The molecule has 7 heteroatoms. The first-order chi connectivity index (χ1) is 13.2. The third-order valence-corrected chi connectivity index (χ3v) is 5.03. The SMILES string of the molecule is Cc1cc(N2CCC[C@@H](C(=O)NCCc3ccccc3)C2)n2ncnc2n1. The van der Waals surface area contributed by atoms with Gasteiger partial charge in [0.25, 0.3) is 5.78 Å². The average Bonchev–Trinajstić information content (AvgIpc) is 3.16. The third-order valence-electron chi connectivity index (χ3n) is 5.03. The maximum Gasteiger partial charge on any atom is 0.254 e. The Bertz CT molecular complexity index is 923. The first kappa shape index (κ1) is 17.5. The Labute approximate surface area is 158 Å². The van der Waals surface area contributed by atoms with E-state index >= 15 is 0 Å². The summed E-state index contributed by atoms with van der Waals surface area (Å²) in [5, 5.41) is 7.39. The van der Waals surface area contributed by atoms with E-state index < -0.39 is 0 Å². The molecule has 0 spiro atoms. The van der Waals surface area contributed by atoms with Crippen LogP contribution in [0.3, 0.4) is 0 Å². The first-order valence-electron chi connectivity index (χ1n) is 9.44. The molecule has 0 unspecified atom stereocenters. The number of hydrogen-bond acceptors (Lipinski definition) is 5. The van der Waals surface area contributed by atoms with Crippen LogP contribution >= 0.6 is 0 Å². The van der Waals surface area contributed by atoms with E-state index in [1.165, 1.54) is 11.9 Å². The number of aryl methyl sites for hydroxylation is 1. The molecule has 3 heterocycles. The van der Waals surface area contributed by atoms with E-state index in [1.54, 1.807) is 4.52 Å². The fourth-order valence-corrected chi connectivity index (χ4v) is 3.65. The molecule has 0 bridgehead atoms. The van der Waals surface area contributed by atoms with Gasteiger partial charge in [-0.1, -0.05) is 30.3 Å². The Balaban J connectivity index is 1.40. The van der Waals surface area contributed by atoms with Gasteiger partial charge in [-0.2, -0.15) is 14.6 Å². The van der Waals surface area contributed by atoms with Crippen molar-refractivity contribution in [2.75, 3.05) is 24.5 Å². The van der Waals surface area contributed by atoms with Crippen LogP contribution in [0.5, 0.6) is 0 Å². The number of nitrogens with zero attached hydrogens (tertiary/aromatic N) is 5. The molecule has 1 aliphatic rings. The molecule has 1 amide bonds. The van der Waals surface area contributed by atoms with Gasteiger partial charge in [-0.05, 0) is 31.7 Å². The fourth-order valence-electron chi connectivity index (χ4n) is 3.65. The Kier molecular flexibility index (Phi) is 5.00. The normalized spacial score (nSPS) is 17.2. The lowest BCUT2D eigenvalue weighted by molar-refractivity contribution is -0.125. The van der Waals surface area contributed by atoms with E-state index in [0.29, 0.717) is 18.9 Å². The van der Waals surface area contributed by atoms with E-state index in [0.717, 1.165) is 37.3 Å².